The summed E-state index contributed by atoms with van der Waals surface area (Å²) in [5.41, 5.74) is 0.724. The van der Waals surface area contributed by atoms with Crippen molar-refractivity contribution in [3.8, 4) is 0 Å². The number of nitrogens with one attached hydrogen (secondary N) is 1. The number of rotatable bonds is 5. The van der Waals surface area contributed by atoms with Crippen LogP contribution in [0.15, 0.2) is 5.38 Å². The molecule has 0 aliphatic carbocycles. The van der Waals surface area contributed by atoms with Crippen molar-refractivity contribution in [3.05, 3.63) is 11.1 Å². The summed E-state index contributed by atoms with van der Waals surface area (Å²) in [4.78, 5) is 0. The van der Waals surface area contributed by atoms with Crippen molar-refractivity contribution in [1.29, 1.82) is 0 Å². The van der Waals surface area contributed by atoms with Crippen molar-refractivity contribution in [2.24, 2.45) is 0 Å². The average Bonchev–Trinajstić information content (AvgIpc) is 2.67. The zero-order valence-electron chi connectivity index (χ0n) is 7.95. The van der Waals surface area contributed by atoms with E-state index in [0.717, 1.165) is 12.1 Å². The molecule has 4 nitrogen and oxygen atoms in total. The van der Waals surface area contributed by atoms with E-state index >= 15 is 0 Å². The minimum absolute atomic E-state index is 0.140. The molecule has 0 aliphatic rings. The van der Waals surface area contributed by atoms with Gasteiger partial charge < -0.3 is 10.4 Å². The Morgan fingerprint density at radius 2 is 2.46 bits per heavy atom. The molecule has 0 spiro atoms. The molecule has 74 valence electrons. The summed E-state index contributed by atoms with van der Waals surface area (Å²) in [6, 6.07) is 0. The molecule has 0 aromatic carbocycles. The molecule has 13 heavy (non-hydrogen) atoms. The maximum absolute atomic E-state index is 9.12. The van der Waals surface area contributed by atoms with Gasteiger partial charge in [0.05, 0.1) is 12.3 Å². The van der Waals surface area contributed by atoms with Gasteiger partial charge in [-0.1, -0.05) is 11.4 Å². The molecule has 1 heterocycles. The lowest BCUT2D eigenvalue weighted by atomic mass is 10.0. The van der Waals surface area contributed by atoms with Crippen LogP contribution in [0.3, 0.4) is 0 Å². The van der Waals surface area contributed by atoms with Crippen LogP contribution in [0.2, 0.25) is 0 Å². The molecule has 1 unspecified atom stereocenters. The van der Waals surface area contributed by atoms with Crippen molar-refractivity contribution in [1.82, 2.24) is 14.9 Å². The maximum atomic E-state index is 9.12. The first kappa shape index (κ1) is 10.6. The van der Waals surface area contributed by atoms with E-state index in [1.165, 1.54) is 11.5 Å². The molecule has 0 aliphatic heterocycles. The minimum Gasteiger partial charge on any atom is -0.394 e. The van der Waals surface area contributed by atoms with Gasteiger partial charge in [0.1, 0.15) is 0 Å². The third kappa shape index (κ3) is 3.02. The van der Waals surface area contributed by atoms with Gasteiger partial charge in [0, 0.05) is 17.5 Å². The van der Waals surface area contributed by atoms with Gasteiger partial charge in [0.2, 0.25) is 0 Å². The highest BCUT2D eigenvalue weighted by Crippen LogP contribution is 2.08. The van der Waals surface area contributed by atoms with E-state index < -0.39 is 0 Å². The summed E-state index contributed by atoms with van der Waals surface area (Å²) in [6.07, 6.45) is 0.890. The van der Waals surface area contributed by atoms with Gasteiger partial charge >= 0.3 is 0 Å². The molecule has 0 radical (unpaired) electrons. The molecule has 0 fully saturated rings. The Morgan fingerprint density at radius 1 is 1.69 bits per heavy atom. The molecule has 0 saturated carbocycles. The third-order valence-electron chi connectivity index (χ3n) is 2.23. The molecule has 0 bridgehead atoms. The monoisotopic (exact) mass is 201 g/mol. The average molecular weight is 201 g/mol. The van der Waals surface area contributed by atoms with Gasteiger partial charge in [-0.2, -0.15) is 0 Å². The molecule has 1 atom stereocenters. The number of aromatic nitrogens is 2. The SMILES string of the molecule is CCC(C)(CO)NCc1csnn1. The molecule has 0 saturated heterocycles. The van der Waals surface area contributed by atoms with Crippen molar-refractivity contribution < 1.29 is 5.11 Å². The third-order valence-corrected chi connectivity index (χ3v) is 2.78. The standard InChI is InChI=1S/C8H15N3OS/c1-3-8(2,6-12)9-4-7-5-13-11-10-7/h5,9,12H,3-4,6H2,1-2H3. The summed E-state index contributed by atoms with van der Waals surface area (Å²) in [5.74, 6) is 0. The molecule has 2 N–H and O–H groups in total. The van der Waals surface area contributed by atoms with E-state index in [0.29, 0.717) is 6.54 Å². The van der Waals surface area contributed by atoms with E-state index in [1.807, 2.05) is 19.2 Å². The highest BCUT2D eigenvalue weighted by Gasteiger charge is 2.19. The predicted octanol–water partition coefficient (Wildman–Crippen LogP) is 0.789. The largest absolute Gasteiger partial charge is 0.394 e. The highest BCUT2D eigenvalue weighted by molar-refractivity contribution is 7.03. The fourth-order valence-electron chi connectivity index (χ4n) is 0.858. The number of nitrogens with zero attached hydrogens (tertiary/aromatic N) is 2. The van der Waals surface area contributed by atoms with Crippen molar-refractivity contribution in [2.45, 2.75) is 32.4 Å². The lowest BCUT2D eigenvalue weighted by Crippen LogP contribution is -2.44. The van der Waals surface area contributed by atoms with Crippen LogP contribution in [-0.4, -0.2) is 26.8 Å². The fourth-order valence-corrected chi connectivity index (χ4v) is 1.31. The number of hydrogen-bond donors (Lipinski definition) is 2. The zero-order chi connectivity index (χ0) is 9.73. The number of aliphatic hydroxyl groups is 1. The van der Waals surface area contributed by atoms with Crippen molar-refractivity contribution >= 4 is 11.5 Å². The second-order valence-electron chi connectivity index (χ2n) is 3.32. The second-order valence-corrected chi connectivity index (χ2v) is 3.93. The van der Waals surface area contributed by atoms with Crippen molar-refractivity contribution in [2.75, 3.05) is 6.61 Å². The normalized spacial score (nSPS) is 15.6. The Labute approximate surface area is 82.2 Å². The van der Waals surface area contributed by atoms with E-state index in [-0.39, 0.29) is 12.1 Å². The Bertz CT molecular complexity index is 234. The Kier molecular flexibility index (Phi) is 3.77. The first-order chi connectivity index (χ1) is 6.20. The first-order valence-electron chi connectivity index (χ1n) is 4.32. The van der Waals surface area contributed by atoms with Crippen LogP contribution in [0.25, 0.3) is 0 Å². The van der Waals surface area contributed by atoms with Crippen LogP contribution in [0.1, 0.15) is 26.0 Å². The Balaban J connectivity index is 2.41. The van der Waals surface area contributed by atoms with Gasteiger partial charge in [0.25, 0.3) is 0 Å². The zero-order valence-corrected chi connectivity index (χ0v) is 8.77. The molecule has 0 amide bonds. The van der Waals surface area contributed by atoms with Crippen LogP contribution in [-0.2, 0) is 6.54 Å². The topological polar surface area (TPSA) is 58.0 Å². The Hall–Kier alpha value is -0.520. The smallest absolute Gasteiger partial charge is 0.0893 e. The van der Waals surface area contributed by atoms with Crippen LogP contribution < -0.4 is 5.32 Å². The van der Waals surface area contributed by atoms with Crippen LogP contribution in [0, 0.1) is 0 Å². The number of aliphatic hydroxyl groups excluding tert-OH is 1. The van der Waals surface area contributed by atoms with Gasteiger partial charge in [-0.25, -0.2) is 0 Å². The van der Waals surface area contributed by atoms with Gasteiger partial charge in [0.15, 0.2) is 0 Å². The van der Waals surface area contributed by atoms with Crippen LogP contribution in [0.5, 0.6) is 0 Å². The lowest BCUT2D eigenvalue weighted by Gasteiger charge is -2.26. The number of hydrogen-bond acceptors (Lipinski definition) is 5. The summed E-state index contributed by atoms with van der Waals surface area (Å²) in [5, 5.41) is 18.2. The molecule has 1 aromatic heterocycles. The minimum atomic E-state index is -0.205. The van der Waals surface area contributed by atoms with E-state index in [9.17, 15) is 0 Å². The van der Waals surface area contributed by atoms with Crippen LogP contribution in [0.4, 0.5) is 0 Å². The second kappa shape index (κ2) is 4.64. The van der Waals surface area contributed by atoms with Crippen molar-refractivity contribution in [3.63, 3.8) is 0 Å². The summed E-state index contributed by atoms with van der Waals surface area (Å²) < 4.78 is 3.76. The van der Waals surface area contributed by atoms with Gasteiger partial charge in [-0.15, -0.1) is 5.10 Å². The highest BCUT2D eigenvalue weighted by atomic mass is 32.1. The lowest BCUT2D eigenvalue weighted by molar-refractivity contribution is 0.168. The maximum Gasteiger partial charge on any atom is 0.0893 e. The van der Waals surface area contributed by atoms with E-state index in [2.05, 4.69) is 14.9 Å². The summed E-state index contributed by atoms with van der Waals surface area (Å²) in [7, 11) is 0. The first-order valence-corrected chi connectivity index (χ1v) is 5.15. The van der Waals surface area contributed by atoms with Gasteiger partial charge in [-0.05, 0) is 24.9 Å². The molecule has 5 heteroatoms. The van der Waals surface area contributed by atoms with E-state index in [4.69, 9.17) is 5.11 Å². The Morgan fingerprint density at radius 3 is 2.92 bits per heavy atom. The predicted molar refractivity (Wildman–Crippen MR) is 52.5 cm³/mol. The molecular weight excluding hydrogens is 186 g/mol. The van der Waals surface area contributed by atoms with E-state index in [1.54, 1.807) is 0 Å². The summed E-state index contributed by atoms with van der Waals surface area (Å²) >= 11 is 1.34. The molecule has 1 aromatic rings. The molecule has 1 rings (SSSR count). The molecular formula is C8H15N3OS. The fraction of sp³-hybridized carbons (Fsp3) is 0.750. The summed E-state index contributed by atoms with van der Waals surface area (Å²) in [6.45, 7) is 4.85. The van der Waals surface area contributed by atoms with Crippen LogP contribution >= 0.6 is 11.5 Å². The van der Waals surface area contributed by atoms with Gasteiger partial charge in [-0.3, -0.25) is 0 Å². The quantitative estimate of drug-likeness (QED) is 0.739.